The molecule has 2 bridgehead atoms. The van der Waals surface area contributed by atoms with Crippen LogP contribution >= 0.6 is 0 Å². The monoisotopic (exact) mass is 1280 g/mol. The third-order valence-corrected chi connectivity index (χ3v) is 25.6. The summed E-state index contributed by atoms with van der Waals surface area (Å²) in [4.78, 5) is 31.5. The first-order valence-corrected chi connectivity index (χ1v) is 40.8. The Morgan fingerprint density at radius 3 is 1.33 bits per heavy atom. The highest BCUT2D eigenvalue weighted by atomic mass is 32.2. The number of aliphatic hydroxyl groups excluding tert-OH is 3. The van der Waals surface area contributed by atoms with Crippen LogP contribution in [-0.4, -0.2) is 321 Å². The number of quaternary nitrogens is 6. The molecular weight excluding hydrogens is 1150 g/mol. The van der Waals surface area contributed by atoms with Gasteiger partial charge in [-0.2, -0.15) is 0 Å². The Labute approximate surface area is 517 Å². The Morgan fingerprint density at radius 1 is 0.488 bits per heavy atom. The molecule has 0 aromatic carbocycles. The highest BCUT2D eigenvalue weighted by Gasteiger charge is 2.48. The average molecular weight is 1290 g/mol. The van der Waals surface area contributed by atoms with Crippen LogP contribution in [0.15, 0.2) is 0 Å². The fourth-order valence-electron chi connectivity index (χ4n) is 12.1. The van der Waals surface area contributed by atoms with E-state index in [1.165, 1.54) is 84.0 Å². The summed E-state index contributed by atoms with van der Waals surface area (Å²) in [5, 5.41) is 28.3. The fourth-order valence-corrected chi connectivity index (χ4v) is 18.0. The lowest BCUT2D eigenvalue weighted by Crippen LogP contribution is -2.63. The van der Waals surface area contributed by atoms with E-state index >= 15 is 0 Å². The number of hydrogen-bond donors (Lipinski definition) is 6. The number of nitrogens with zero attached hydrogens (tertiary/aromatic N) is 6. The third-order valence-electron chi connectivity index (χ3n) is 17.9. The molecule has 84 heavy (non-hydrogen) atoms. The second kappa shape index (κ2) is 42.8. The maximum atomic E-state index is 10.9. The van der Waals surface area contributed by atoms with Gasteiger partial charge in [-0.15, -0.1) is 0 Å². The number of hydrogen-bond acceptors (Lipinski definition) is 15. The summed E-state index contributed by atoms with van der Waals surface area (Å²) in [5.41, 5.74) is 0. The first-order valence-electron chi connectivity index (χ1n) is 33.3. The molecule has 0 radical (unpaired) electrons. The van der Waals surface area contributed by atoms with E-state index in [1.807, 2.05) is 0 Å². The summed E-state index contributed by atoms with van der Waals surface area (Å²) in [6.45, 7) is 30.2. The lowest BCUT2D eigenvalue weighted by molar-refractivity contribution is -0.930. The van der Waals surface area contributed by atoms with Crippen LogP contribution in [0.25, 0.3) is 0 Å². The fraction of sp³-hybridized carbons (Fsp3) is 1.00. The molecular formula is C59H135N6O15SSi3+5. The van der Waals surface area contributed by atoms with Crippen molar-refractivity contribution < 1.29 is 96.1 Å². The number of unbranched alkanes of at least 4 members (excludes halogenated alkanes) is 8. The summed E-state index contributed by atoms with van der Waals surface area (Å²) in [7, 11) is -0.168. The van der Waals surface area contributed by atoms with Crippen LogP contribution in [-0.2, 0) is 36.7 Å². The van der Waals surface area contributed by atoms with Crippen molar-refractivity contribution in [1.29, 1.82) is 0 Å². The maximum absolute atomic E-state index is 10.9. The van der Waals surface area contributed by atoms with Crippen LogP contribution in [0.4, 0.5) is 0 Å². The summed E-state index contributed by atoms with van der Waals surface area (Å²) in [6, 6.07) is 1.83. The van der Waals surface area contributed by atoms with Crippen molar-refractivity contribution in [2.24, 2.45) is 0 Å². The Morgan fingerprint density at radius 2 is 0.905 bits per heavy atom. The Kier molecular flexibility index (Phi) is 41.7. The van der Waals surface area contributed by atoms with Crippen LogP contribution in [0.2, 0.25) is 18.1 Å². The van der Waals surface area contributed by atoms with Crippen molar-refractivity contribution in [3.05, 3.63) is 0 Å². The lowest BCUT2D eigenvalue weighted by Gasteiger charge is -2.45. The van der Waals surface area contributed by atoms with Gasteiger partial charge in [0.25, 0.3) is 0 Å². The minimum Gasteiger partial charge on any atom is -0.748 e. The standard InChI is InChI=1S/C20H46N2O4Si.C20H44N2O3Si.C19H45N2O8SSi/c1-5-7-9-11-21(3,4)12-10-20-27(24)25-18-15-22(14-17-23,13-8-6-2)16-19-26-27;1-5-7-9-11-21(3,4)12-10-20-26-23-17-14-22(13-8-6-2,15-18-24-26)16-19-25-26;1-4-5-6-9-20(2,3)10-8-19-31(27,28)29-17-14-21(12-15-22,13-16-23)11-7-18-30(24,25)26/h23-24H,5-20H2,1-4H3;5-20H2,1-4H3;22-23,27-28H,4-19H2,1-3H3/q2*+2;+1. The summed E-state index contributed by atoms with van der Waals surface area (Å²) in [5.74, 6) is -0.518. The molecule has 0 unspecified atom stereocenters. The van der Waals surface area contributed by atoms with Crippen LogP contribution < -0.4 is 0 Å². The van der Waals surface area contributed by atoms with Gasteiger partial charge in [-0.3, -0.25) is 0 Å². The van der Waals surface area contributed by atoms with Crippen molar-refractivity contribution >= 4 is 36.5 Å². The molecule has 4 heterocycles. The largest absolute Gasteiger partial charge is 0.748 e. The van der Waals surface area contributed by atoms with Gasteiger partial charge in [-0.05, 0) is 51.4 Å². The number of rotatable bonds is 44. The molecule has 4 saturated heterocycles. The minimum absolute atomic E-state index is 0.0120. The van der Waals surface area contributed by atoms with E-state index < -0.39 is 42.3 Å². The van der Waals surface area contributed by atoms with E-state index in [0.717, 1.165) is 152 Å². The van der Waals surface area contributed by atoms with Crippen molar-refractivity contribution in [3.63, 3.8) is 0 Å². The number of fused-ring (bicyclic) bond motifs is 6. The molecule has 4 aliphatic rings. The Hall–Kier alpha value is -0.159. The third kappa shape index (κ3) is 37.2. The van der Waals surface area contributed by atoms with Gasteiger partial charge in [0.05, 0.1) is 171 Å². The van der Waals surface area contributed by atoms with Crippen LogP contribution in [0.5, 0.6) is 0 Å². The molecule has 6 N–H and O–H groups in total. The van der Waals surface area contributed by atoms with Gasteiger partial charge >= 0.3 is 26.4 Å². The van der Waals surface area contributed by atoms with Gasteiger partial charge < -0.3 is 87.7 Å². The van der Waals surface area contributed by atoms with E-state index in [9.17, 15) is 42.7 Å². The summed E-state index contributed by atoms with van der Waals surface area (Å²) >= 11 is 0. The molecule has 4 aliphatic heterocycles. The van der Waals surface area contributed by atoms with Crippen LogP contribution in [0.3, 0.4) is 0 Å². The van der Waals surface area contributed by atoms with E-state index in [1.54, 1.807) is 0 Å². The predicted octanol–water partition coefficient (Wildman–Crippen LogP) is 4.83. The van der Waals surface area contributed by atoms with Crippen LogP contribution in [0.1, 0.15) is 144 Å². The molecule has 0 aliphatic carbocycles. The zero-order chi connectivity index (χ0) is 63.2. The van der Waals surface area contributed by atoms with E-state index in [4.69, 9.17) is 26.6 Å². The maximum Gasteiger partial charge on any atom is 0.501 e. The molecule has 0 atom stereocenters. The second-order valence-corrected chi connectivity index (χ2v) is 36.0. The SMILES string of the molecule is CCCCC[N+](C)(C)CCC[Si](O)(O)OCC[N+](CCO)(CCO)CCCS(=O)(=O)[O-].CCCCC[N+](C)(C)CCC[Si]1(O)OCC[N+](CCO)(CCCC)CCO1.CCCCC[N+](C)(C)CCC[Si]12OCC[N+](CCCC)(CCO1)CCO2. The molecule has 0 spiro atoms. The molecule has 21 nitrogen and oxygen atoms in total. The van der Waals surface area contributed by atoms with Gasteiger partial charge in [0.15, 0.2) is 0 Å². The van der Waals surface area contributed by atoms with Gasteiger partial charge in [0.2, 0.25) is 0 Å². The molecule has 504 valence electrons. The molecule has 4 rings (SSSR count). The lowest BCUT2D eigenvalue weighted by atomic mass is 10.2. The van der Waals surface area contributed by atoms with Gasteiger partial charge in [0, 0.05) is 49.6 Å². The summed E-state index contributed by atoms with van der Waals surface area (Å²) in [6.07, 6.45) is 18.9. The van der Waals surface area contributed by atoms with Crippen molar-refractivity contribution in [2.75, 3.05) is 225 Å². The normalized spacial score (nSPS) is 23.1. The number of aliphatic hydroxyl groups is 3. The van der Waals surface area contributed by atoms with Gasteiger partial charge in [-0.1, -0.05) is 66.7 Å². The predicted molar refractivity (Wildman–Crippen MR) is 341 cm³/mol. The zero-order valence-corrected chi connectivity index (χ0v) is 59.7. The molecule has 0 aromatic heterocycles. The quantitative estimate of drug-likeness (QED) is 0.0208. The van der Waals surface area contributed by atoms with Gasteiger partial charge in [0.1, 0.15) is 58.9 Å². The van der Waals surface area contributed by atoms with E-state index in [-0.39, 0.29) is 69.6 Å². The van der Waals surface area contributed by atoms with E-state index in [2.05, 4.69) is 76.9 Å². The van der Waals surface area contributed by atoms with Crippen molar-refractivity contribution in [3.8, 4) is 0 Å². The van der Waals surface area contributed by atoms with Crippen molar-refractivity contribution in [2.45, 2.75) is 162 Å². The molecule has 0 saturated carbocycles. The minimum atomic E-state index is -4.34. The molecule has 0 amide bonds. The molecule has 4 fully saturated rings. The smallest absolute Gasteiger partial charge is 0.501 e. The topological polar surface area (TPSA) is 234 Å². The summed E-state index contributed by atoms with van der Waals surface area (Å²) < 4.78 is 73.9. The van der Waals surface area contributed by atoms with Crippen LogP contribution in [0, 0.1) is 0 Å². The first-order chi connectivity index (χ1) is 39.6. The molecule has 25 heteroatoms. The highest BCUT2D eigenvalue weighted by Crippen LogP contribution is 2.27. The van der Waals surface area contributed by atoms with Gasteiger partial charge in [-0.25, -0.2) is 8.42 Å². The first kappa shape index (κ1) is 81.9. The van der Waals surface area contributed by atoms with E-state index in [0.29, 0.717) is 25.7 Å². The zero-order valence-electron chi connectivity index (χ0n) is 55.9. The highest BCUT2D eigenvalue weighted by molar-refractivity contribution is 7.85. The molecule has 0 aromatic rings. The van der Waals surface area contributed by atoms with Crippen molar-refractivity contribution in [1.82, 2.24) is 0 Å². The average Bonchev–Trinajstić information content (AvgIpc) is 3.57. The Balaban J connectivity index is 0.000000632. The Bertz CT molecular complexity index is 1720. The second-order valence-electron chi connectivity index (χ2n) is 27.0.